The highest BCUT2D eigenvalue weighted by Gasteiger charge is 2.27. The van der Waals surface area contributed by atoms with E-state index in [-0.39, 0.29) is 11.7 Å². The highest BCUT2D eigenvalue weighted by atomic mass is 16.6. The Morgan fingerprint density at radius 2 is 1.73 bits per heavy atom. The third-order valence-electron chi connectivity index (χ3n) is 4.31. The van der Waals surface area contributed by atoms with Gasteiger partial charge in [-0.15, -0.1) is 0 Å². The lowest BCUT2D eigenvalue weighted by Crippen LogP contribution is -2.40. The summed E-state index contributed by atoms with van der Waals surface area (Å²) in [6, 6.07) is 16.7. The van der Waals surface area contributed by atoms with Crippen LogP contribution in [0, 0.1) is 6.92 Å². The van der Waals surface area contributed by atoms with Crippen molar-refractivity contribution in [3.8, 4) is 0 Å². The lowest BCUT2D eigenvalue weighted by atomic mass is 10.1. The molecule has 1 atom stereocenters. The Labute approximate surface area is 152 Å². The van der Waals surface area contributed by atoms with Gasteiger partial charge in [0.1, 0.15) is 5.58 Å². The van der Waals surface area contributed by atoms with E-state index in [0.29, 0.717) is 17.7 Å². The number of nitrogens with zero attached hydrogens (tertiary/aromatic N) is 1. The summed E-state index contributed by atoms with van der Waals surface area (Å²) in [6.07, 6.45) is -0.921. The van der Waals surface area contributed by atoms with Crippen LogP contribution < -0.4 is 4.90 Å². The summed E-state index contributed by atoms with van der Waals surface area (Å²) in [5, 5.41) is 0.859. The van der Waals surface area contributed by atoms with Gasteiger partial charge in [-0.1, -0.05) is 36.4 Å². The van der Waals surface area contributed by atoms with Gasteiger partial charge in [-0.05, 0) is 39.0 Å². The number of hydrogen-bond donors (Lipinski definition) is 0. The summed E-state index contributed by atoms with van der Waals surface area (Å²) in [5.74, 6) is -0.780. The molecule has 3 aromatic rings. The Morgan fingerprint density at radius 3 is 2.38 bits per heavy atom. The van der Waals surface area contributed by atoms with Crippen LogP contribution in [0.3, 0.4) is 0 Å². The molecule has 0 N–H and O–H groups in total. The number of carbonyl (C=O) groups excluding carboxylic acids is 2. The molecule has 0 aliphatic carbocycles. The van der Waals surface area contributed by atoms with Crippen LogP contribution in [0.2, 0.25) is 0 Å². The minimum atomic E-state index is -0.921. The number of esters is 1. The third-order valence-corrected chi connectivity index (χ3v) is 4.31. The molecule has 0 fully saturated rings. The van der Waals surface area contributed by atoms with E-state index in [2.05, 4.69) is 0 Å². The molecule has 26 heavy (non-hydrogen) atoms. The zero-order chi connectivity index (χ0) is 18.7. The van der Waals surface area contributed by atoms with Gasteiger partial charge in [0, 0.05) is 23.2 Å². The number of benzene rings is 2. The molecule has 5 nitrogen and oxygen atoms in total. The summed E-state index contributed by atoms with van der Waals surface area (Å²) in [7, 11) is 0. The highest BCUT2D eigenvalue weighted by molar-refractivity contribution is 6.00. The van der Waals surface area contributed by atoms with Gasteiger partial charge in [-0.3, -0.25) is 4.79 Å². The van der Waals surface area contributed by atoms with Crippen LogP contribution in [0.15, 0.2) is 59.0 Å². The summed E-state index contributed by atoms with van der Waals surface area (Å²) >= 11 is 0. The number of para-hydroxylation sites is 2. The Hall–Kier alpha value is -3.08. The molecule has 1 heterocycles. The van der Waals surface area contributed by atoms with E-state index in [0.717, 1.165) is 11.1 Å². The molecule has 1 amide bonds. The number of likely N-dealkylation sites (N-methyl/N-ethyl adjacent to an activating group) is 1. The van der Waals surface area contributed by atoms with Gasteiger partial charge in [-0.25, -0.2) is 4.79 Å². The SMILES string of the molecule is CCN(C(=O)[C@@H](C)OC(=O)c1oc2ccccc2c1C)c1ccccc1. The zero-order valence-electron chi connectivity index (χ0n) is 15.1. The Bertz CT molecular complexity index is 930. The van der Waals surface area contributed by atoms with E-state index in [1.807, 2.05) is 55.5 Å². The molecule has 134 valence electrons. The minimum Gasteiger partial charge on any atom is -0.449 e. The quantitative estimate of drug-likeness (QED) is 0.642. The van der Waals surface area contributed by atoms with Gasteiger partial charge in [0.15, 0.2) is 6.10 Å². The molecule has 0 bridgehead atoms. The largest absolute Gasteiger partial charge is 0.449 e. The number of ether oxygens (including phenoxy) is 1. The number of carbonyl (C=O) groups is 2. The summed E-state index contributed by atoms with van der Waals surface area (Å²) in [6.45, 7) is 5.73. The minimum absolute atomic E-state index is 0.133. The second-order valence-corrected chi connectivity index (χ2v) is 6.02. The number of amides is 1. The fraction of sp³-hybridized carbons (Fsp3) is 0.238. The number of fused-ring (bicyclic) bond motifs is 1. The topological polar surface area (TPSA) is 59.8 Å². The zero-order valence-corrected chi connectivity index (χ0v) is 15.1. The first kappa shape index (κ1) is 17.7. The smallest absolute Gasteiger partial charge is 0.375 e. The Morgan fingerprint density at radius 1 is 1.08 bits per heavy atom. The Kier molecular flexibility index (Phi) is 5.07. The molecule has 2 aromatic carbocycles. The standard InChI is InChI=1S/C21H21NO4/c1-4-22(16-10-6-5-7-11-16)20(23)15(3)25-21(24)19-14(2)17-12-8-9-13-18(17)26-19/h5-13,15H,4H2,1-3H3/t15-/m1/s1. The van der Waals surface area contributed by atoms with E-state index in [1.54, 1.807) is 24.8 Å². The first-order chi connectivity index (χ1) is 12.5. The molecular formula is C21H21NO4. The monoisotopic (exact) mass is 351 g/mol. The summed E-state index contributed by atoms with van der Waals surface area (Å²) in [5.41, 5.74) is 2.10. The van der Waals surface area contributed by atoms with Gasteiger partial charge in [-0.2, -0.15) is 0 Å². The predicted octanol–water partition coefficient (Wildman–Crippen LogP) is 4.34. The maximum atomic E-state index is 12.7. The van der Waals surface area contributed by atoms with Crippen LogP contribution in [0.5, 0.6) is 0 Å². The van der Waals surface area contributed by atoms with Gasteiger partial charge >= 0.3 is 5.97 Å². The molecule has 3 rings (SSSR count). The molecule has 0 aliphatic rings. The second kappa shape index (κ2) is 7.44. The number of furan rings is 1. The van der Waals surface area contributed by atoms with Gasteiger partial charge in [0.2, 0.25) is 5.76 Å². The second-order valence-electron chi connectivity index (χ2n) is 6.02. The molecule has 0 saturated heterocycles. The van der Waals surface area contributed by atoms with E-state index < -0.39 is 12.1 Å². The molecule has 0 saturated carbocycles. The Balaban J connectivity index is 1.77. The van der Waals surface area contributed by atoms with E-state index in [1.165, 1.54) is 0 Å². The van der Waals surface area contributed by atoms with Crippen LogP contribution in [-0.4, -0.2) is 24.5 Å². The predicted molar refractivity (Wildman–Crippen MR) is 100 cm³/mol. The maximum absolute atomic E-state index is 12.7. The van der Waals surface area contributed by atoms with Crippen molar-refractivity contribution in [2.75, 3.05) is 11.4 Å². The fourth-order valence-electron chi connectivity index (χ4n) is 2.93. The number of anilines is 1. The number of hydrogen-bond acceptors (Lipinski definition) is 4. The van der Waals surface area contributed by atoms with E-state index in [9.17, 15) is 9.59 Å². The number of rotatable bonds is 5. The first-order valence-electron chi connectivity index (χ1n) is 8.58. The molecule has 0 unspecified atom stereocenters. The van der Waals surface area contributed by atoms with E-state index in [4.69, 9.17) is 9.15 Å². The molecule has 0 aliphatic heterocycles. The van der Waals surface area contributed by atoms with Crippen molar-refractivity contribution < 1.29 is 18.7 Å². The van der Waals surface area contributed by atoms with E-state index >= 15 is 0 Å². The molecule has 0 spiro atoms. The van der Waals surface area contributed by atoms with Crippen LogP contribution in [-0.2, 0) is 9.53 Å². The van der Waals surface area contributed by atoms with Gasteiger partial charge < -0.3 is 14.1 Å². The van der Waals surface area contributed by atoms with Crippen LogP contribution in [0.1, 0.15) is 30.0 Å². The van der Waals surface area contributed by atoms with Crippen molar-refractivity contribution in [1.29, 1.82) is 0 Å². The van der Waals surface area contributed by atoms with Crippen molar-refractivity contribution in [2.24, 2.45) is 0 Å². The van der Waals surface area contributed by atoms with Crippen molar-refractivity contribution in [3.05, 3.63) is 65.9 Å². The van der Waals surface area contributed by atoms with Crippen molar-refractivity contribution in [1.82, 2.24) is 0 Å². The molecule has 0 radical (unpaired) electrons. The van der Waals surface area contributed by atoms with Crippen molar-refractivity contribution in [3.63, 3.8) is 0 Å². The van der Waals surface area contributed by atoms with Gasteiger partial charge in [0.05, 0.1) is 0 Å². The number of aryl methyl sites for hydroxylation is 1. The molecule has 1 aromatic heterocycles. The average molecular weight is 351 g/mol. The van der Waals surface area contributed by atoms with Crippen LogP contribution >= 0.6 is 0 Å². The molecule has 5 heteroatoms. The lowest BCUT2D eigenvalue weighted by Gasteiger charge is -2.24. The summed E-state index contributed by atoms with van der Waals surface area (Å²) in [4.78, 5) is 26.8. The summed E-state index contributed by atoms with van der Waals surface area (Å²) < 4.78 is 11.0. The molecular weight excluding hydrogens is 330 g/mol. The van der Waals surface area contributed by atoms with Crippen LogP contribution in [0.25, 0.3) is 11.0 Å². The van der Waals surface area contributed by atoms with Crippen molar-refractivity contribution in [2.45, 2.75) is 26.9 Å². The van der Waals surface area contributed by atoms with Crippen molar-refractivity contribution >= 4 is 28.5 Å². The van der Waals surface area contributed by atoms with Gasteiger partial charge in [0.25, 0.3) is 5.91 Å². The third kappa shape index (κ3) is 3.33. The first-order valence-corrected chi connectivity index (χ1v) is 8.58. The maximum Gasteiger partial charge on any atom is 0.375 e. The highest BCUT2D eigenvalue weighted by Crippen LogP contribution is 2.26. The normalized spacial score (nSPS) is 12.0. The lowest BCUT2D eigenvalue weighted by molar-refractivity contribution is -0.126. The average Bonchev–Trinajstić information content (AvgIpc) is 3.00. The fourth-order valence-corrected chi connectivity index (χ4v) is 2.93. The van der Waals surface area contributed by atoms with Crippen LogP contribution in [0.4, 0.5) is 5.69 Å².